The molecule has 0 saturated carbocycles. The second-order valence-electron chi connectivity index (χ2n) is 6.07. The maximum Gasteiger partial charge on any atom is 0.00799 e. The average Bonchev–Trinajstić information content (AvgIpc) is 3.06. The van der Waals surface area contributed by atoms with Crippen LogP contribution in [0.2, 0.25) is 0 Å². The van der Waals surface area contributed by atoms with Gasteiger partial charge in [-0.2, -0.15) is 0 Å². The maximum absolute atomic E-state index is 3.31. The molecule has 1 aliphatic rings. The first-order chi connectivity index (χ1) is 10.4. The summed E-state index contributed by atoms with van der Waals surface area (Å²) in [5, 5.41) is 5.52. The van der Waals surface area contributed by atoms with Crippen molar-refractivity contribution in [2.75, 3.05) is 13.6 Å². The third-order valence-electron chi connectivity index (χ3n) is 4.65. The van der Waals surface area contributed by atoms with E-state index in [1.54, 1.807) is 21.6 Å². The number of rotatable bonds is 6. The highest BCUT2D eigenvalue weighted by Crippen LogP contribution is 2.32. The molecule has 0 radical (unpaired) electrons. The van der Waals surface area contributed by atoms with Crippen LogP contribution in [0.15, 0.2) is 35.7 Å². The Kier molecular flexibility index (Phi) is 5.10. The van der Waals surface area contributed by atoms with E-state index in [1.807, 2.05) is 11.3 Å². The molecule has 0 amide bonds. The van der Waals surface area contributed by atoms with Crippen LogP contribution in [0, 0.1) is 0 Å². The van der Waals surface area contributed by atoms with E-state index in [0.29, 0.717) is 5.92 Å². The van der Waals surface area contributed by atoms with Gasteiger partial charge >= 0.3 is 0 Å². The Hall–Kier alpha value is -1.12. The van der Waals surface area contributed by atoms with Crippen LogP contribution in [0.1, 0.15) is 46.7 Å². The zero-order valence-corrected chi connectivity index (χ0v) is 13.7. The molecule has 2 aromatic rings. The molecular formula is C19H25NS. The maximum atomic E-state index is 3.31. The smallest absolute Gasteiger partial charge is 0.00799 e. The van der Waals surface area contributed by atoms with Crippen LogP contribution in [0.25, 0.3) is 0 Å². The first kappa shape index (κ1) is 14.8. The quantitative estimate of drug-likeness (QED) is 0.824. The van der Waals surface area contributed by atoms with Gasteiger partial charge in [-0.05, 0) is 86.2 Å². The van der Waals surface area contributed by atoms with E-state index < -0.39 is 0 Å². The lowest BCUT2D eigenvalue weighted by Crippen LogP contribution is -2.15. The Balaban J connectivity index is 1.82. The van der Waals surface area contributed by atoms with Crippen LogP contribution in [0.5, 0.6) is 0 Å². The molecule has 1 heterocycles. The van der Waals surface area contributed by atoms with Gasteiger partial charge in [0, 0.05) is 4.88 Å². The van der Waals surface area contributed by atoms with Crippen molar-refractivity contribution < 1.29 is 0 Å². The van der Waals surface area contributed by atoms with Crippen LogP contribution in [-0.2, 0) is 19.3 Å². The van der Waals surface area contributed by atoms with E-state index in [-0.39, 0.29) is 0 Å². The normalized spacial score (nSPS) is 15.7. The first-order valence-corrected chi connectivity index (χ1v) is 9.04. The van der Waals surface area contributed by atoms with Gasteiger partial charge in [0.25, 0.3) is 0 Å². The number of fused-ring (bicyclic) bond motifs is 1. The Morgan fingerprint density at radius 3 is 2.86 bits per heavy atom. The SMILES string of the molecule is CNCCC(Cc1cccc2c1CCCC2)c1cccs1. The molecule has 1 aromatic carbocycles. The number of hydrogen-bond acceptors (Lipinski definition) is 2. The van der Waals surface area contributed by atoms with Crippen molar-refractivity contribution in [2.45, 2.75) is 44.4 Å². The Morgan fingerprint density at radius 1 is 1.14 bits per heavy atom. The van der Waals surface area contributed by atoms with E-state index in [0.717, 1.165) is 6.54 Å². The fourth-order valence-electron chi connectivity index (χ4n) is 3.50. The zero-order valence-electron chi connectivity index (χ0n) is 12.9. The van der Waals surface area contributed by atoms with Crippen molar-refractivity contribution in [3.8, 4) is 0 Å². The van der Waals surface area contributed by atoms with Crippen molar-refractivity contribution in [2.24, 2.45) is 0 Å². The molecule has 0 fully saturated rings. The van der Waals surface area contributed by atoms with E-state index in [4.69, 9.17) is 0 Å². The summed E-state index contributed by atoms with van der Waals surface area (Å²) < 4.78 is 0. The zero-order chi connectivity index (χ0) is 14.5. The molecule has 2 heteroatoms. The minimum Gasteiger partial charge on any atom is -0.320 e. The second kappa shape index (κ2) is 7.24. The summed E-state index contributed by atoms with van der Waals surface area (Å²) in [4.78, 5) is 1.54. The summed E-state index contributed by atoms with van der Waals surface area (Å²) in [5.41, 5.74) is 4.87. The summed E-state index contributed by atoms with van der Waals surface area (Å²) in [6, 6.07) is 11.5. The van der Waals surface area contributed by atoms with E-state index in [2.05, 4.69) is 48.1 Å². The highest BCUT2D eigenvalue weighted by atomic mass is 32.1. The molecule has 3 rings (SSSR count). The molecule has 1 atom stereocenters. The summed E-state index contributed by atoms with van der Waals surface area (Å²) in [6.07, 6.45) is 7.72. The van der Waals surface area contributed by atoms with Crippen LogP contribution >= 0.6 is 11.3 Å². The molecule has 0 saturated heterocycles. The lowest BCUT2D eigenvalue weighted by Gasteiger charge is -2.22. The minimum atomic E-state index is 0.658. The predicted octanol–water partition coefficient (Wildman–Crippen LogP) is 4.56. The molecule has 1 unspecified atom stereocenters. The number of thiophene rings is 1. The molecule has 21 heavy (non-hydrogen) atoms. The first-order valence-electron chi connectivity index (χ1n) is 8.16. The van der Waals surface area contributed by atoms with Gasteiger partial charge in [-0.3, -0.25) is 0 Å². The Labute approximate surface area is 132 Å². The molecule has 1 nitrogen and oxygen atoms in total. The molecule has 1 aliphatic carbocycles. The molecule has 0 spiro atoms. The van der Waals surface area contributed by atoms with Gasteiger partial charge in [0.05, 0.1) is 0 Å². The van der Waals surface area contributed by atoms with E-state index >= 15 is 0 Å². The molecule has 112 valence electrons. The summed E-state index contributed by atoms with van der Waals surface area (Å²) in [6.45, 7) is 1.09. The van der Waals surface area contributed by atoms with Crippen LogP contribution < -0.4 is 5.32 Å². The van der Waals surface area contributed by atoms with Crippen molar-refractivity contribution in [1.82, 2.24) is 5.32 Å². The monoisotopic (exact) mass is 299 g/mol. The van der Waals surface area contributed by atoms with Crippen molar-refractivity contribution in [3.05, 3.63) is 57.3 Å². The van der Waals surface area contributed by atoms with Gasteiger partial charge in [-0.25, -0.2) is 0 Å². The number of hydrogen-bond donors (Lipinski definition) is 1. The summed E-state index contributed by atoms with van der Waals surface area (Å²) >= 11 is 1.91. The lowest BCUT2D eigenvalue weighted by atomic mass is 9.84. The number of nitrogens with one attached hydrogen (secondary N) is 1. The topological polar surface area (TPSA) is 12.0 Å². The van der Waals surface area contributed by atoms with Crippen molar-refractivity contribution in [1.29, 1.82) is 0 Å². The van der Waals surface area contributed by atoms with Gasteiger partial charge in [0.15, 0.2) is 0 Å². The minimum absolute atomic E-state index is 0.658. The van der Waals surface area contributed by atoms with Gasteiger partial charge in [0.1, 0.15) is 0 Å². The fourth-order valence-corrected chi connectivity index (χ4v) is 4.37. The van der Waals surface area contributed by atoms with Gasteiger partial charge in [-0.15, -0.1) is 11.3 Å². The average molecular weight is 299 g/mol. The standard InChI is InChI=1S/C19H25NS/c1-20-12-11-17(19-10-5-13-21-19)14-16-8-4-7-15-6-2-3-9-18(15)16/h4-5,7-8,10,13,17,20H,2-3,6,9,11-12,14H2,1H3. The molecule has 0 bridgehead atoms. The highest BCUT2D eigenvalue weighted by Gasteiger charge is 2.18. The second-order valence-corrected chi connectivity index (χ2v) is 7.05. The largest absolute Gasteiger partial charge is 0.320 e. The summed E-state index contributed by atoms with van der Waals surface area (Å²) in [5.74, 6) is 0.658. The van der Waals surface area contributed by atoms with E-state index in [1.165, 1.54) is 38.5 Å². The number of benzene rings is 1. The van der Waals surface area contributed by atoms with Gasteiger partial charge in [0.2, 0.25) is 0 Å². The van der Waals surface area contributed by atoms with Crippen LogP contribution in [0.4, 0.5) is 0 Å². The Morgan fingerprint density at radius 2 is 2.05 bits per heavy atom. The highest BCUT2D eigenvalue weighted by molar-refractivity contribution is 7.10. The Bertz CT molecular complexity index is 559. The number of aryl methyl sites for hydroxylation is 1. The van der Waals surface area contributed by atoms with Crippen LogP contribution in [-0.4, -0.2) is 13.6 Å². The summed E-state index contributed by atoms with van der Waals surface area (Å²) in [7, 11) is 2.05. The molecule has 1 aromatic heterocycles. The van der Waals surface area contributed by atoms with E-state index in [9.17, 15) is 0 Å². The molecular weight excluding hydrogens is 274 g/mol. The van der Waals surface area contributed by atoms with Gasteiger partial charge < -0.3 is 5.32 Å². The third kappa shape index (κ3) is 3.56. The molecule has 1 N–H and O–H groups in total. The van der Waals surface area contributed by atoms with Crippen molar-refractivity contribution in [3.63, 3.8) is 0 Å². The third-order valence-corrected chi connectivity index (χ3v) is 5.68. The van der Waals surface area contributed by atoms with Gasteiger partial charge in [-0.1, -0.05) is 24.3 Å². The fraction of sp³-hybridized carbons (Fsp3) is 0.474. The molecule has 0 aliphatic heterocycles. The van der Waals surface area contributed by atoms with Crippen molar-refractivity contribution >= 4 is 11.3 Å². The lowest BCUT2D eigenvalue weighted by molar-refractivity contribution is 0.593. The predicted molar refractivity (Wildman–Crippen MR) is 92.4 cm³/mol. The van der Waals surface area contributed by atoms with Crippen LogP contribution in [0.3, 0.4) is 0 Å².